The van der Waals surface area contributed by atoms with Crippen LogP contribution in [0.2, 0.25) is 0 Å². The number of alkyl halides is 2. The highest BCUT2D eigenvalue weighted by atomic mass is 32.2. The van der Waals surface area contributed by atoms with Crippen LogP contribution in [0.15, 0.2) is 70.4 Å². The molecule has 180 valence electrons. The number of sulfone groups is 1. The van der Waals surface area contributed by atoms with Crippen molar-refractivity contribution in [1.29, 1.82) is 0 Å². The molecule has 3 aromatic carbocycles. The van der Waals surface area contributed by atoms with Crippen molar-refractivity contribution in [1.82, 2.24) is 9.78 Å². The van der Waals surface area contributed by atoms with E-state index in [0.29, 0.717) is 27.7 Å². The van der Waals surface area contributed by atoms with Gasteiger partial charge in [0.15, 0.2) is 9.84 Å². The van der Waals surface area contributed by atoms with E-state index in [0.717, 1.165) is 11.1 Å². The molecule has 1 aliphatic carbocycles. The number of fused-ring (bicyclic) bond motifs is 1. The van der Waals surface area contributed by atoms with Crippen LogP contribution in [0.1, 0.15) is 24.0 Å². The Kier molecular flexibility index (Phi) is 5.36. The van der Waals surface area contributed by atoms with Gasteiger partial charge in [-0.3, -0.25) is 4.79 Å². The Morgan fingerprint density at radius 1 is 0.914 bits per heavy atom. The SMILES string of the molecule is Cc1cc2c(-c3ccc(F)cc3)nn(-c3ccc(S(=O)(=O)C4CC(F)(F)C4)cc3)c(=O)c2cc1C. The van der Waals surface area contributed by atoms with E-state index in [2.05, 4.69) is 5.10 Å². The number of benzene rings is 3. The van der Waals surface area contributed by atoms with E-state index in [9.17, 15) is 26.4 Å². The maximum absolute atomic E-state index is 13.5. The van der Waals surface area contributed by atoms with Crippen molar-refractivity contribution < 1.29 is 21.6 Å². The lowest BCUT2D eigenvalue weighted by Gasteiger charge is -2.34. The second-order valence-electron chi connectivity index (χ2n) is 8.98. The fourth-order valence-corrected chi connectivity index (χ4v) is 6.12. The summed E-state index contributed by atoms with van der Waals surface area (Å²) in [5, 5.41) is 4.45. The van der Waals surface area contributed by atoms with Crippen LogP contribution in [0.3, 0.4) is 0 Å². The first kappa shape index (κ1) is 23.3. The normalized spacial score (nSPS) is 15.8. The molecule has 0 atom stereocenters. The van der Waals surface area contributed by atoms with E-state index < -0.39 is 45.2 Å². The summed E-state index contributed by atoms with van der Waals surface area (Å²) in [6, 6.07) is 14.9. The quantitative estimate of drug-likeness (QED) is 0.379. The zero-order chi connectivity index (χ0) is 25.1. The van der Waals surface area contributed by atoms with Crippen molar-refractivity contribution in [3.63, 3.8) is 0 Å². The summed E-state index contributed by atoms with van der Waals surface area (Å²) in [6.07, 6.45) is -1.38. The van der Waals surface area contributed by atoms with Crippen LogP contribution in [0.25, 0.3) is 27.7 Å². The van der Waals surface area contributed by atoms with E-state index in [1.54, 1.807) is 18.2 Å². The molecule has 0 spiro atoms. The Morgan fingerprint density at radius 2 is 1.49 bits per heavy atom. The molecule has 0 N–H and O–H groups in total. The Labute approximate surface area is 199 Å². The minimum absolute atomic E-state index is 0.0826. The number of nitrogens with zero attached hydrogens (tertiary/aromatic N) is 2. The number of hydrogen-bond donors (Lipinski definition) is 0. The third-order valence-corrected chi connectivity index (χ3v) is 8.67. The highest BCUT2D eigenvalue weighted by Crippen LogP contribution is 2.43. The molecule has 0 bridgehead atoms. The molecule has 0 amide bonds. The van der Waals surface area contributed by atoms with Crippen LogP contribution >= 0.6 is 0 Å². The summed E-state index contributed by atoms with van der Waals surface area (Å²) in [5.41, 5.74) is 2.88. The summed E-state index contributed by atoms with van der Waals surface area (Å²) in [5.74, 6) is -3.35. The van der Waals surface area contributed by atoms with Crippen LogP contribution in [0, 0.1) is 19.7 Å². The molecule has 9 heteroatoms. The largest absolute Gasteiger partial charge is 0.279 e. The van der Waals surface area contributed by atoms with Crippen molar-refractivity contribution in [3.05, 3.63) is 88.0 Å². The van der Waals surface area contributed by atoms with Crippen molar-refractivity contribution in [2.45, 2.75) is 42.8 Å². The first-order valence-electron chi connectivity index (χ1n) is 11.0. The predicted molar refractivity (Wildman–Crippen MR) is 127 cm³/mol. The number of halogens is 3. The third kappa shape index (κ3) is 4.03. The lowest BCUT2D eigenvalue weighted by molar-refractivity contribution is -0.0685. The van der Waals surface area contributed by atoms with E-state index in [-0.39, 0.29) is 4.90 Å². The monoisotopic (exact) mass is 498 g/mol. The van der Waals surface area contributed by atoms with E-state index in [4.69, 9.17) is 0 Å². The van der Waals surface area contributed by atoms with Crippen LogP contribution in [-0.4, -0.2) is 29.4 Å². The molecular weight excluding hydrogens is 477 g/mol. The zero-order valence-corrected chi connectivity index (χ0v) is 19.7. The first-order valence-corrected chi connectivity index (χ1v) is 12.5. The van der Waals surface area contributed by atoms with Crippen molar-refractivity contribution >= 4 is 20.6 Å². The van der Waals surface area contributed by atoms with E-state index in [1.165, 1.54) is 41.1 Å². The second-order valence-corrected chi connectivity index (χ2v) is 11.2. The third-order valence-electron chi connectivity index (χ3n) is 6.53. The maximum atomic E-state index is 13.5. The van der Waals surface area contributed by atoms with Crippen molar-refractivity contribution in [3.8, 4) is 16.9 Å². The lowest BCUT2D eigenvalue weighted by Crippen LogP contribution is -2.44. The number of aromatic nitrogens is 2. The first-order chi connectivity index (χ1) is 16.5. The van der Waals surface area contributed by atoms with Crippen LogP contribution < -0.4 is 5.56 Å². The highest BCUT2D eigenvalue weighted by molar-refractivity contribution is 7.92. The molecular formula is C26H21F3N2O3S. The van der Waals surface area contributed by atoms with Gasteiger partial charge in [-0.2, -0.15) is 9.78 Å². The second kappa shape index (κ2) is 8.05. The average Bonchev–Trinajstić information content (AvgIpc) is 2.80. The minimum atomic E-state index is -3.91. The molecule has 0 unspecified atom stereocenters. The summed E-state index contributed by atoms with van der Waals surface area (Å²) in [4.78, 5) is 13.3. The number of hydrogen-bond acceptors (Lipinski definition) is 4. The smallest absolute Gasteiger partial charge is 0.267 e. The molecule has 5 nitrogen and oxygen atoms in total. The van der Waals surface area contributed by atoms with Gasteiger partial charge < -0.3 is 0 Å². The molecule has 0 aliphatic heterocycles. The van der Waals surface area contributed by atoms with E-state index in [1.807, 2.05) is 19.9 Å². The molecule has 1 aromatic heterocycles. The molecule has 1 fully saturated rings. The van der Waals surface area contributed by atoms with Crippen molar-refractivity contribution in [2.75, 3.05) is 0 Å². The summed E-state index contributed by atoms with van der Waals surface area (Å²) in [7, 11) is -3.91. The van der Waals surface area contributed by atoms with Gasteiger partial charge in [-0.15, -0.1) is 0 Å². The molecule has 1 aliphatic rings. The highest BCUT2D eigenvalue weighted by Gasteiger charge is 2.51. The van der Waals surface area contributed by atoms with Crippen LogP contribution in [-0.2, 0) is 9.84 Å². The van der Waals surface area contributed by atoms with Gasteiger partial charge in [-0.05, 0) is 85.6 Å². The summed E-state index contributed by atoms with van der Waals surface area (Å²) in [6.45, 7) is 3.81. The fourth-order valence-electron chi connectivity index (χ4n) is 4.29. The van der Waals surface area contributed by atoms with Gasteiger partial charge in [0, 0.05) is 23.8 Å². The Bertz CT molecular complexity index is 1620. The van der Waals surface area contributed by atoms with E-state index >= 15 is 0 Å². The minimum Gasteiger partial charge on any atom is -0.267 e. The summed E-state index contributed by atoms with van der Waals surface area (Å²) < 4.78 is 66.5. The van der Waals surface area contributed by atoms with Gasteiger partial charge in [-0.1, -0.05) is 0 Å². The van der Waals surface area contributed by atoms with Crippen LogP contribution in [0.5, 0.6) is 0 Å². The average molecular weight is 499 g/mol. The number of aryl methyl sites for hydroxylation is 2. The van der Waals surface area contributed by atoms with Crippen molar-refractivity contribution in [2.24, 2.45) is 0 Å². The predicted octanol–water partition coefficient (Wildman–Crippen LogP) is 5.38. The molecule has 0 saturated heterocycles. The molecule has 1 saturated carbocycles. The Hall–Kier alpha value is -3.46. The number of rotatable bonds is 4. The standard InChI is InChI=1S/C26H21F3N2O3S/c1-15-11-22-23(12-16(15)2)25(32)31(30-24(22)17-3-5-18(27)6-4-17)19-7-9-20(10-8-19)35(33,34)21-13-26(28,29)14-21/h3-12,21H,13-14H2,1-2H3. The van der Waals surface area contributed by atoms with Gasteiger partial charge in [0.1, 0.15) is 5.82 Å². The molecule has 35 heavy (non-hydrogen) atoms. The fraction of sp³-hybridized carbons (Fsp3) is 0.231. The lowest BCUT2D eigenvalue weighted by atomic mass is 9.94. The maximum Gasteiger partial charge on any atom is 0.279 e. The van der Waals surface area contributed by atoms with Gasteiger partial charge in [0.25, 0.3) is 11.5 Å². The Balaban J connectivity index is 1.64. The van der Waals surface area contributed by atoms with Gasteiger partial charge in [-0.25, -0.2) is 21.6 Å². The van der Waals surface area contributed by atoms with Gasteiger partial charge in [0.05, 0.1) is 26.9 Å². The molecule has 4 aromatic rings. The molecule has 5 rings (SSSR count). The zero-order valence-electron chi connectivity index (χ0n) is 18.9. The van der Waals surface area contributed by atoms with Crippen LogP contribution in [0.4, 0.5) is 13.2 Å². The topological polar surface area (TPSA) is 69.0 Å². The molecule has 0 radical (unpaired) electrons. The summed E-state index contributed by atoms with van der Waals surface area (Å²) >= 11 is 0. The Morgan fingerprint density at radius 3 is 2.06 bits per heavy atom. The molecule has 1 heterocycles. The van der Waals surface area contributed by atoms with Gasteiger partial charge in [0.2, 0.25) is 0 Å². The van der Waals surface area contributed by atoms with Gasteiger partial charge >= 0.3 is 0 Å².